The number of methoxy groups -OCH3 is 1. The number of rotatable bonds is 12. The first-order chi connectivity index (χ1) is 16.9. The number of alkyl halides is 2. The highest BCUT2D eigenvalue weighted by atomic mass is 32.2. The van der Waals surface area contributed by atoms with E-state index >= 15 is 0 Å². The van der Waals surface area contributed by atoms with Gasteiger partial charge in [0.25, 0.3) is 5.92 Å². The van der Waals surface area contributed by atoms with Crippen LogP contribution in [0.5, 0.6) is 5.75 Å². The molecule has 198 valence electrons. The largest absolute Gasteiger partial charge is 0.497 e. The first-order valence-corrected chi connectivity index (χ1v) is 14.3. The fourth-order valence-electron chi connectivity index (χ4n) is 5.00. The first-order valence-electron chi connectivity index (χ1n) is 12.8. The summed E-state index contributed by atoms with van der Waals surface area (Å²) in [7, 11) is -2.20. The van der Waals surface area contributed by atoms with Crippen LogP contribution in [0, 0.1) is 11.8 Å². The number of hydrogen-bond donors (Lipinski definition) is 0. The van der Waals surface area contributed by atoms with Crippen LogP contribution in [-0.4, -0.2) is 26.1 Å². The molecule has 0 aromatic heterocycles. The van der Waals surface area contributed by atoms with E-state index in [1.165, 1.54) is 25.1 Å². The first kappa shape index (κ1) is 28.3. The summed E-state index contributed by atoms with van der Waals surface area (Å²) >= 11 is 0. The van der Waals surface area contributed by atoms with Gasteiger partial charge in [0, 0.05) is 24.0 Å². The van der Waals surface area contributed by atoms with E-state index < -0.39 is 20.5 Å². The Balaban J connectivity index is 1.57. The van der Waals surface area contributed by atoms with E-state index in [0.717, 1.165) is 43.7 Å². The summed E-state index contributed by atoms with van der Waals surface area (Å²) in [5.74, 6) is -1.97. The normalized spacial score (nSPS) is 18.5. The molecule has 0 radical (unpaired) electrons. The molecule has 0 atom stereocenters. The number of sulfone groups is 1. The van der Waals surface area contributed by atoms with Crippen LogP contribution in [0.25, 0.3) is 0 Å². The second-order valence-corrected chi connectivity index (χ2v) is 13.0. The van der Waals surface area contributed by atoms with E-state index in [2.05, 4.69) is 0 Å². The minimum atomic E-state index is -3.80. The van der Waals surface area contributed by atoms with Crippen molar-refractivity contribution in [3.05, 3.63) is 59.2 Å². The lowest BCUT2D eigenvalue weighted by atomic mass is 9.67. The zero-order chi connectivity index (χ0) is 26.7. The molecular weight excluding hydrogens is 482 g/mol. The summed E-state index contributed by atoms with van der Waals surface area (Å²) in [6, 6.07) is 10.9. The fraction of sp³-hybridized carbons (Fsp3) is 0.552. The molecular formula is C29H38F2O4S. The van der Waals surface area contributed by atoms with Crippen molar-refractivity contribution >= 4 is 15.6 Å². The predicted octanol–water partition coefficient (Wildman–Crippen LogP) is 7.39. The Morgan fingerprint density at radius 1 is 1.08 bits per heavy atom. The van der Waals surface area contributed by atoms with E-state index in [4.69, 9.17) is 4.74 Å². The summed E-state index contributed by atoms with van der Waals surface area (Å²) in [6.45, 7) is 6.82. The zero-order valence-corrected chi connectivity index (χ0v) is 22.8. The minimum Gasteiger partial charge on any atom is -0.497 e. The van der Waals surface area contributed by atoms with Crippen molar-refractivity contribution in [2.45, 2.75) is 88.2 Å². The molecule has 4 nitrogen and oxygen atoms in total. The van der Waals surface area contributed by atoms with Crippen LogP contribution in [0.3, 0.4) is 0 Å². The van der Waals surface area contributed by atoms with E-state index in [1.807, 2.05) is 19.1 Å². The molecule has 2 aromatic rings. The Labute approximate surface area is 214 Å². The monoisotopic (exact) mass is 520 g/mol. The number of carbonyl (C=O) groups excluding carboxylic acids is 1. The second kappa shape index (κ2) is 11.0. The van der Waals surface area contributed by atoms with Crippen molar-refractivity contribution < 1.29 is 26.7 Å². The second-order valence-electron chi connectivity index (χ2n) is 10.5. The number of aryl methyl sites for hydroxylation is 1. The average Bonchev–Trinajstić information content (AvgIpc) is 2.84. The Bertz CT molecular complexity index is 1160. The van der Waals surface area contributed by atoms with Crippen LogP contribution < -0.4 is 4.74 Å². The van der Waals surface area contributed by atoms with Crippen molar-refractivity contribution in [3.63, 3.8) is 0 Å². The van der Waals surface area contributed by atoms with Crippen LogP contribution in [-0.2, 0) is 22.2 Å². The van der Waals surface area contributed by atoms with E-state index in [1.54, 1.807) is 27.0 Å². The third-order valence-electron chi connectivity index (χ3n) is 7.87. The lowest BCUT2D eigenvalue weighted by Crippen LogP contribution is -2.46. The quantitative estimate of drug-likeness (QED) is 0.274. The Kier molecular flexibility index (Phi) is 8.64. The number of ether oxygens (including phenoxy) is 1. The van der Waals surface area contributed by atoms with Crippen molar-refractivity contribution in [1.82, 2.24) is 0 Å². The molecule has 1 saturated carbocycles. The molecule has 3 rings (SSSR count). The number of halogens is 2. The van der Waals surface area contributed by atoms with Crippen LogP contribution in [0.2, 0.25) is 0 Å². The standard InChI is InChI=1S/C29H38F2O4S/c1-6-20-14-22(18-25(17-20)35-5)27(32)13-8-10-21-15-24(16-21)28(3,4)36(33,34)26-12-9-11-23(19-26)29(30,31)7-2/h9,11-12,14,17-19,21,24H,6-8,10,13,15-16H2,1-5H3. The van der Waals surface area contributed by atoms with E-state index in [9.17, 15) is 22.0 Å². The van der Waals surface area contributed by atoms with Gasteiger partial charge in [0.15, 0.2) is 15.6 Å². The highest BCUT2D eigenvalue weighted by Crippen LogP contribution is 2.48. The van der Waals surface area contributed by atoms with Crippen molar-refractivity contribution in [3.8, 4) is 5.75 Å². The molecule has 1 aliphatic rings. The Morgan fingerprint density at radius 3 is 2.39 bits per heavy atom. The number of benzene rings is 2. The van der Waals surface area contributed by atoms with E-state index in [0.29, 0.717) is 23.7 Å². The molecule has 0 N–H and O–H groups in total. The Hall–Kier alpha value is -2.28. The van der Waals surface area contributed by atoms with Gasteiger partial charge in [-0.1, -0.05) is 26.0 Å². The van der Waals surface area contributed by atoms with Gasteiger partial charge >= 0.3 is 0 Å². The van der Waals surface area contributed by atoms with Gasteiger partial charge in [0.1, 0.15) is 5.75 Å². The number of carbonyl (C=O) groups is 1. The minimum absolute atomic E-state index is 0.0445. The third kappa shape index (κ3) is 5.82. The van der Waals surface area contributed by atoms with E-state index in [-0.39, 0.29) is 28.6 Å². The van der Waals surface area contributed by atoms with Gasteiger partial charge in [-0.05, 0) is 93.7 Å². The Morgan fingerprint density at radius 2 is 1.78 bits per heavy atom. The molecule has 2 aromatic carbocycles. The van der Waals surface area contributed by atoms with Gasteiger partial charge < -0.3 is 4.74 Å². The molecule has 0 unspecified atom stereocenters. The van der Waals surface area contributed by atoms with Crippen LogP contribution in [0.15, 0.2) is 47.4 Å². The van der Waals surface area contributed by atoms with Crippen molar-refractivity contribution in [2.24, 2.45) is 11.8 Å². The molecule has 1 aliphatic carbocycles. The van der Waals surface area contributed by atoms with Gasteiger partial charge in [0.05, 0.1) is 16.8 Å². The van der Waals surface area contributed by atoms with Crippen molar-refractivity contribution in [2.75, 3.05) is 7.11 Å². The number of Topliss-reactive ketones (excluding diaryl/α,β-unsaturated/α-hetero) is 1. The van der Waals surface area contributed by atoms with Gasteiger partial charge in [-0.25, -0.2) is 17.2 Å². The fourth-order valence-corrected chi connectivity index (χ4v) is 6.78. The summed E-state index contributed by atoms with van der Waals surface area (Å²) in [5.41, 5.74) is 1.47. The maximum atomic E-state index is 14.2. The number of ketones is 1. The lowest BCUT2D eigenvalue weighted by molar-refractivity contribution is -0.00850. The van der Waals surface area contributed by atoms with Crippen LogP contribution in [0.1, 0.15) is 87.7 Å². The zero-order valence-electron chi connectivity index (χ0n) is 21.9. The van der Waals surface area contributed by atoms with Gasteiger partial charge in [-0.3, -0.25) is 4.79 Å². The summed E-state index contributed by atoms with van der Waals surface area (Å²) in [6.07, 6.45) is 4.00. The third-order valence-corrected chi connectivity index (χ3v) is 10.5. The average molecular weight is 521 g/mol. The summed E-state index contributed by atoms with van der Waals surface area (Å²) in [4.78, 5) is 12.7. The topological polar surface area (TPSA) is 60.4 Å². The summed E-state index contributed by atoms with van der Waals surface area (Å²) in [5, 5.41) is 0. The van der Waals surface area contributed by atoms with Crippen LogP contribution >= 0.6 is 0 Å². The molecule has 0 amide bonds. The van der Waals surface area contributed by atoms with Gasteiger partial charge in [-0.15, -0.1) is 0 Å². The van der Waals surface area contributed by atoms with Gasteiger partial charge in [-0.2, -0.15) is 0 Å². The molecule has 36 heavy (non-hydrogen) atoms. The molecule has 0 aliphatic heterocycles. The molecule has 1 fully saturated rings. The SMILES string of the molecule is CCc1cc(OC)cc(C(=O)CCCC2CC(C(C)(C)S(=O)(=O)c3cccc(C(F)(F)CC)c3)C2)c1. The van der Waals surface area contributed by atoms with Gasteiger partial charge in [0.2, 0.25) is 0 Å². The smallest absolute Gasteiger partial charge is 0.273 e. The highest BCUT2D eigenvalue weighted by Gasteiger charge is 2.48. The van der Waals surface area contributed by atoms with Crippen molar-refractivity contribution in [1.29, 1.82) is 0 Å². The number of hydrogen-bond acceptors (Lipinski definition) is 4. The molecule has 0 saturated heterocycles. The molecule has 0 bridgehead atoms. The summed E-state index contributed by atoms with van der Waals surface area (Å²) < 4.78 is 59.4. The predicted molar refractivity (Wildman–Crippen MR) is 139 cm³/mol. The molecule has 0 heterocycles. The lowest BCUT2D eigenvalue weighted by Gasteiger charge is -2.45. The highest BCUT2D eigenvalue weighted by molar-refractivity contribution is 7.92. The molecule has 0 spiro atoms. The maximum Gasteiger partial charge on any atom is 0.273 e. The maximum absolute atomic E-state index is 14.2. The molecule has 7 heteroatoms. The van der Waals surface area contributed by atoms with Crippen LogP contribution in [0.4, 0.5) is 8.78 Å².